The van der Waals surface area contributed by atoms with Gasteiger partial charge < -0.3 is 0 Å². The van der Waals surface area contributed by atoms with Crippen LogP contribution in [0.4, 0.5) is 10.1 Å². The summed E-state index contributed by atoms with van der Waals surface area (Å²) >= 11 is 4.51. The van der Waals surface area contributed by atoms with Gasteiger partial charge in [0.1, 0.15) is 5.69 Å². The van der Waals surface area contributed by atoms with Crippen molar-refractivity contribution in [3.63, 3.8) is 0 Å². The molecule has 2 aliphatic carbocycles. The van der Waals surface area contributed by atoms with E-state index in [2.05, 4.69) is 58.5 Å². The summed E-state index contributed by atoms with van der Waals surface area (Å²) in [6.45, 7) is 0. The van der Waals surface area contributed by atoms with Gasteiger partial charge in [-0.15, -0.1) is 0 Å². The lowest BCUT2D eigenvalue weighted by Gasteiger charge is -2.14. The fourth-order valence-electron chi connectivity index (χ4n) is 3.30. The van der Waals surface area contributed by atoms with Crippen molar-refractivity contribution in [2.75, 3.05) is 0 Å². The third-order valence-corrected chi connectivity index (χ3v) is 4.99. The fourth-order valence-corrected chi connectivity index (χ4v) is 3.40. The van der Waals surface area contributed by atoms with Crippen LogP contribution in [0.1, 0.15) is 41.5 Å². The first kappa shape index (κ1) is 16.9. The Bertz CT molecular complexity index is 999. The second-order valence-corrected chi connectivity index (χ2v) is 7.15. The number of benzene rings is 2. The Hall–Kier alpha value is -2.53. The van der Waals surface area contributed by atoms with E-state index in [1.54, 1.807) is 12.1 Å². The van der Waals surface area contributed by atoms with Crippen LogP contribution in [0.25, 0.3) is 6.08 Å². The van der Waals surface area contributed by atoms with Crippen LogP contribution < -0.4 is 0 Å². The highest BCUT2D eigenvalue weighted by molar-refractivity contribution is 7.78. The van der Waals surface area contributed by atoms with E-state index >= 15 is 0 Å². The Labute approximate surface area is 158 Å². The maximum Gasteiger partial charge on any atom is 0.150 e. The summed E-state index contributed by atoms with van der Waals surface area (Å²) in [5.41, 5.74) is 6.06. The molecule has 0 bridgehead atoms. The SMILES string of the molecule is Fc1cc(C#CC2=Cc3ccc(CC4CC4)cc3CC2)ccc1N=C=S. The van der Waals surface area contributed by atoms with Gasteiger partial charge in [0.15, 0.2) is 5.82 Å². The van der Waals surface area contributed by atoms with E-state index in [9.17, 15) is 4.39 Å². The smallest absolute Gasteiger partial charge is 0.150 e. The maximum atomic E-state index is 13.9. The average Bonchev–Trinajstić information content (AvgIpc) is 3.46. The highest BCUT2D eigenvalue weighted by atomic mass is 32.1. The van der Waals surface area contributed by atoms with Gasteiger partial charge in [0.25, 0.3) is 0 Å². The summed E-state index contributed by atoms with van der Waals surface area (Å²) in [6.07, 6.45) is 8.10. The summed E-state index contributed by atoms with van der Waals surface area (Å²) in [7, 11) is 0. The van der Waals surface area contributed by atoms with E-state index in [-0.39, 0.29) is 5.69 Å². The number of fused-ring (bicyclic) bond motifs is 1. The molecule has 0 unspecified atom stereocenters. The van der Waals surface area contributed by atoms with Gasteiger partial charge in [-0.25, -0.2) is 4.39 Å². The first-order valence-electron chi connectivity index (χ1n) is 8.93. The van der Waals surface area contributed by atoms with E-state index in [0.717, 1.165) is 24.3 Å². The number of aryl methyl sites for hydroxylation is 1. The molecule has 0 spiro atoms. The number of halogens is 1. The molecule has 0 saturated heterocycles. The Balaban J connectivity index is 1.53. The van der Waals surface area contributed by atoms with Gasteiger partial charge in [0.05, 0.1) is 5.16 Å². The Morgan fingerprint density at radius 2 is 1.96 bits per heavy atom. The minimum atomic E-state index is -0.430. The minimum Gasteiger partial charge on any atom is -0.205 e. The lowest BCUT2D eigenvalue weighted by Crippen LogP contribution is -2.00. The minimum absolute atomic E-state index is 0.193. The number of hydrogen-bond acceptors (Lipinski definition) is 2. The molecule has 0 aliphatic heterocycles. The van der Waals surface area contributed by atoms with E-state index < -0.39 is 5.82 Å². The molecule has 0 aromatic heterocycles. The molecule has 3 heteroatoms. The number of nitrogens with zero attached hydrogens (tertiary/aromatic N) is 1. The molecular weight excluding hydrogens is 341 g/mol. The quantitative estimate of drug-likeness (QED) is 0.378. The van der Waals surface area contributed by atoms with Crippen molar-refractivity contribution in [3.8, 4) is 11.8 Å². The molecule has 2 aromatic rings. The molecule has 128 valence electrons. The predicted octanol–water partition coefficient (Wildman–Crippen LogP) is 5.89. The number of thiocarbonyl (C=S) groups is 1. The Kier molecular flexibility index (Phi) is 4.80. The topological polar surface area (TPSA) is 12.4 Å². The molecule has 0 heterocycles. The second kappa shape index (κ2) is 7.38. The number of allylic oxidation sites excluding steroid dienone is 1. The zero-order valence-corrected chi connectivity index (χ0v) is 15.2. The molecule has 0 amide bonds. The second-order valence-electron chi connectivity index (χ2n) is 6.97. The Morgan fingerprint density at radius 1 is 1.08 bits per heavy atom. The van der Waals surface area contributed by atoms with E-state index in [4.69, 9.17) is 0 Å². The number of hydrogen-bond donors (Lipinski definition) is 0. The maximum absolute atomic E-state index is 13.9. The Morgan fingerprint density at radius 3 is 2.73 bits per heavy atom. The molecule has 0 N–H and O–H groups in total. The van der Waals surface area contributed by atoms with Gasteiger partial charge in [-0.3, -0.25) is 0 Å². The largest absolute Gasteiger partial charge is 0.205 e. The van der Waals surface area contributed by atoms with Crippen LogP contribution in [0.3, 0.4) is 0 Å². The van der Waals surface area contributed by atoms with Crippen molar-refractivity contribution in [1.82, 2.24) is 0 Å². The highest BCUT2D eigenvalue weighted by Gasteiger charge is 2.21. The first-order chi connectivity index (χ1) is 12.7. The normalized spacial score (nSPS) is 15.2. The van der Waals surface area contributed by atoms with Crippen LogP contribution in [-0.4, -0.2) is 5.16 Å². The molecule has 1 nitrogen and oxygen atoms in total. The van der Waals surface area contributed by atoms with Gasteiger partial charge in [-0.1, -0.05) is 30.0 Å². The lowest BCUT2D eigenvalue weighted by atomic mass is 9.90. The van der Waals surface area contributed by atoms with Crippen LogP contribution >= 0.6 is 12.2 Å². The van der Waals surface area contributed by atoms with Gasteiger partial charge >= 0.3 is 0 Å². The van der Waals surface area contributed by atoms with Crippen molar-refractivity contribution in [2.24, 2.45) is 10.9 Å². The van der Waals surface area contributed by atoms with Crippen molar-refractivity contribution < 1.29 is 4.39 Å². The number of rotatable bonds is 3. The third-order valence-electron chi connectivity index (χ3n) is 4.90. The van der Waals surface area contributed by atoms with Crippen LogP contribution in [-0.2, 0) is 12.8 Å². The van der Waals surface area contributed by atoms with Gasteiger partial charge in [0, 0.05) is 11.1 Å². The molecule has 2 aromatic carbocycles. The summed E-state index contributed by atoms with van der Waals surface area (Å²) in [6, 6.07) is 11.5. The van der Waals surface area contributed by atoms with Crippen molar-refractivity contribution in [2.45, 2.75) is 32.1 Å². The van der Waals surface area contributed by atoms with Crippen molar-refractivity contribution in [1.29, 1.82) is 0 Å². The molecule has 1 fully saturated rings. The monoisotopic (exact) mass is 359 g/mol. The predicted molar refractivity (Wildman–Crippen MR) is 107 cm³/mol. The van der Waals surface area contributed by atoms with Crippen LogP contribution in [0.15, 0.2) is 47.0 Å². The zero-order valence-electron chi connectivity index (χ0n) is 14.4. The zero-order chi connectivity index (χ0) is 17.9. The summed E-state index contributed by atoms with van der Waals surface area (Å²) in [4.78, 5) is 3.68. The molecular formula is C23H18FNS. The molecule has 4 rings (SSSR count). The summed E-state index contributed by atoms with van der Waals surface area (Å²) in [5, 5.41) is 2.18. The third kappa shape index (κ3) is 3.99. The van der Waals surface area contributed by atoms with Crippen LogP contribution in [0.2, 0.25) is 0 Å². The van der Waals surface area contributed by atoms with E-state index in [1.165, 1.54) is 42.0 Å². The standard InChI is InChI=1S/C23H18FNS/c24-22-14-18(7-10-23(22)25-15-26)4-3-17-5-8-21-13-19(11-16-1-2-16)6-9-20(21)12-17/h6-7,9-10,12-14,16H,1-2,5,8,11H2. The number of aliphatic imine (C=N–C) groups is 1. The summed E-state index contributed by atoms with van der Waals surface area (Å²) in [5.74, 6) is 6.73. The highest BCUT2D eigenvalue weighted by Crippen LogP contribution is 2.34. The molecule has 1 saturated carbocycles. The molecule has 0 radical (unpaired) electrons. The average molecular weight is 359 g/mol. The van der Waals surface area contributed by atoms with Crippen LogP contribution in [0.5, 0.6) is 0 Å². The van der Waals surface area contributed by atoms with E-state index in [1.807, 2.05) is 0 Å². The van der Waals surface area contributed by atoms with Gasteiger partial charge in [-0.05, 0) is 91.2 Å². The van der Waals surface area contributed by atoms with Gasteiger partial charge in [-0.2, -0.15) is 4.99 Å². The summed E-state index contributed by atoms with van der Waals surface area (Å²) < 4.78 is 13.9. The molecule has 2 aliphatic rings. The van der Waals surface area contributed by atoms with Crippen molar-refractivity contribution in [3.05, 3.63) is 70.0 Å². The van der Waals surface area contributed by atoms with Gasteiger partial charge in [0.2, 0.25) is 0 Å². The first-order valence-corrected chi connectivity index (χ1v) is 9.34. The van der Waals surface area contributed by atoms with Crippen LogP contribution in [0, 0.1) is 23.6 Å². The van der Waals surface area contributed by atoms with Crippen molar-refractivity contribution >= 4 is 29.1 Å². The molecule has 0 atom stereocenters. The fraction of sp³-hybridized carbons (Fsp3) is 0.261. The number of isothiocyanates is 1. The molecule has 26 heavy (non-hydrogen) atoms. The lowest BCUT2D eigenvalue weighted by molar-refractivity contribution is 0.629. The van der Waals surface area contributed by atoms with E-state index in [0.29, 0.717) is 5.56 Å².